The molecule has 1 aliphatic rings. The third-order valence-electron chi connectivity index (χ3n) is 4.38. The Kier molecular flexibility index (Phi) is 6.37. The van der Waals surface area contributed by atoms with Gasteiger partial charge in [-0.05, 0) is 31.6 Å². The Bertz CT molecular complexity index is 425. The normalized spacial score (nSPS) is 27.7. The van der Waals surface area contributed by atoms with Gasteiger partial charge < -0.3 is 5.73 Å². The SMILES string of the molecule is CCC1CCC(NS(=O)(=O)N(CC)CC)(C(N)=S)CC1. The number of hydrogen-bond donors (Lipinski definition) is 2. The molecule has 7 heteroatoms. The van der Waals surface area contributed by atoms with Crippen molar-refractivity contribution in [1.29, 1.82) is 0 Å². The molecule has 1 saturated carbocycles. The summed E-state index contributed by atoms with van der Waals surface area (Å²) in [6, 6.07) is 0. The van der Waals surface area contributed by atoms with E-state index in [2.05, 4.69) is 11.6 Å². The van der Waals surface area contributed by atoms with E-state index in [0.717, 1.165) is 19.3 Å². The van der Waals surface area contributed by atoms with Crippen LogP contribution in [0.1, 0.15) is 52.9 Å². The van der Waals surface area contributed by atoms with Crippen molar-refractivity contribution in [3.63, 3.8) is 0 Å². The number of nitrogens with one attached hydrogen (secondary N) is 1. The van der Waals surface area contributed by atoms with Gasteiger partial charge in [0.05, 0.1) is 10.5 Å². The lowest BCUT2D eigenvalue weighted by atomic mass is 9.76. The fourth-order valence-corrected chi connectivity index (χ4v) is 4.79. The lowest BCUT2D eigenvalue weighted by molar-refractivity contribution is 0.264. The first kappa shape index (κ1) is 17.8. The van der Waals surface area contributed by atoms with Crippen LogP contribution in [-0.2, 0) is 10.2 Å². The van der Waals surface area contributed by atoms with Crippen molar-refractivity contribution < 1.29 is 8.42 Å². The van der Waals surface area contributed by atoms with Crippen molar-refractivity contribution in [2.24, 2.45) is 11.7 Å². The molecule has 0 aliphatic heterocycles. The van der Waals surface area contributed by atoms with E-state index in [1.54, 1.807) is 0 Å². The van der Waals surface area contributed by atoms with E-state index in [1.807, 2.05) is 13.8 Å². The monoisotopic (exact) mass is 321 g/mol. The summed E-state index contributed by atoms with van der Waals surface area (Å²) in [5, 5.41) is 0. The minimum atomic E-state index is -3.53. The molecule has 0 saturated heterocycles. The van der Waals surface area contributed by atoms with Crippen LogP contribution < -0.4 is 10.5 Å². The molecular formula is C13H27N3O2S2. The number of nitrogens with zero attached hydrogens (tertiary/aromatic N) is 1. The van der Waals surface area contributed by atoms with Crippen molar-refractivity contribution in [2.75, 3.05) is 13.1 Å². The van der Waals surface area contributed by atoms with Gasteiger partial charge >= 0.3 is 0 Å². The van der Waals surface area contributed by atoms with Crippen molar-refractivity contribution in [1.82, 2.24) is 9.03 Å². The second kappa shape index (κ2) is 7.15. The maximum Gasteiger partial charge on any atom is 0.280 e. The average molecular weight is 322 g/mol. The highest BCUT2D eigenvalue weighted by Crippen LogP contribution is 2.34. The van der Waals surface area contributed by atoms with Crippen LogP contribution in [-0.4, -0.2) is 36.3 Å². The first-order valence-corrected chi connectivity index (χ1v) is 9.25. The second-order valence-corrected chi connectivity index (χ2v) is 7.60. The lowest BCUT2D eigenvalue weighted by Gasteiger charge is -2.40. The molecular weight excluding hydrogens is 294 g/mol. The first-order chi connectivity index (χ1) is 9.31. The average Bonchev–Trinajstić information content (AvgIpc) is 2.39. The van der Waals surface area contributed by atoms with Gasteiger partial charge in [-0.25, -0.2) is 0 Å². The number of nitrogens with two attached hydrogens (primary N) is 1. The number of hydrogen-bond acceptors (Lipinski definition) is 3. The summed E-state index contributed by atoms with van der Waals surface area (Å²) >= 11 is 5.16. The van der Waals surface area contributed by atoms with Crippen LogP contribution >= 0.6 is 12.2 Å². The Labute approximate surface area is 128 Å². The molecule has 0 atom stereocenters. The Balaban J connectivity index is 2.91. The third-order valence-corrected chi connectivity index (χ3v) is 6.61. The molecule has 1 aliphatic carbocycles. The van der Waals surface area contributed by atoms with Gasteiger partial charge in [0.15, 0.2) is 0 Å². The summed E-state index contributed by atoms with van der Waals surface area (Å²) in [5.41, 5.74) is 5.12. The third kappa shape index (κ3) is 3.90. The van der Waals surface area contributed by atoms with E-state index in [1.165, 1.54) is 4.31 Å². The maximum atomic E-state index is 12.4. The number of rotatable bonds is 7. The van der Waals surface area contributed by atoms with Gasteiger partial charge in [0.1, 0.15) is 0 Å². The van der Waals surface area contributed by atoms with E-state index >= 15 is 0 Å². The van der Waals surface area contributed by atoms with E-state index in [4.69, 9.17) is 18.0 Å². The summed E-state index contributed by atoms with van der Waals surface area (Å²) in [5.74, 6) is 0.649. The van der Waals surface area contributed by atoms with Crippen LogP contribution in [0.25, 0.3) is 0 Å². The molecule has 0 unspecified atom stereocenters. The number of thiocarbonyl (C=S) groups is 1. The molecule has 118 valence electrons. The first-order valence-electron chi connectivity index (χ1n) is 7.40. The summed E-state index contributed by atoms with van der Waals surface area (Å²) < 4.78 is 29.0. The van der Waals surface area contributed by atoms with Crippen LogP contribution in [0, 0.1) is 5.92 Å². The minimum absolute atomic E-state index is 0.266. The largest absolute Gasteiger partial charge is 0.392 e. The Morgan fingerprint density at radius 3 is 2.15 bits per heavy atom. The fraction of sp³-hybridized carbons (Fsp3) is 0.923. The van der Waals surface area contributed by atoms with Crippen LogP contribution in [0.4, 0.5) is 0 Å². The van der Waals surface area contributed by atoms with E-state index in [0.29, 0.717) is 31.8 Å². The predicted octanol–water partition coefficient (Wildman–Crippen LogP) is 1.79. The predicted molar refractivity (Wildman–Crippen MR) is 86.7 cm³/mol. The Morgan fingerprint density at radius 1 is 1.30 bits per heavy atom. The van der Waals surface area contributed by atoms with Crippen molar-refractivity contribution in [3.8, 4) is 0 Å². The van der Waals surface area contributed by atoms with Gasteiger partial charge in [-0.15, -0.1) is 0 Å². The standard InChI is InChI=1S/C13H27N3O2S2/c1-4-11-7-9-13(10-8-11,12(14)19)15-20(17,18)16(5-2)6-3/h11,15H,4-10H2,1-3H3,(H2,14,19). The summed E-state index contributed by atoms with van der Waals surface area (Å²) in [7, 11) is -3.53. The smallest absolute Gasteiger partial charge is 0.280 e. The van der Waals surface area contributed by atoms with Gasteiger partial charge in [0.25, 0.3) is 10.2 Å². The topological polar surface area (TPSA) is 75.4 Å². The van der Waals surface area contributed by atoms with E-state index < -0.39 is 15.7 Å². The molecule has 0 bridgehead atoms. The molecule has 0 aromatic rings. The van der Waals surface area contributed by atoms with Gasteiger partial charge in [-0.2, -0.15) is 17.4 Å². The minimum Gasteiger partial charge on any atom is -0.392 e. The summed E-state index contributed by atoms with van der Waals surface area (Å²) in [4.78, 5) is 0.266. The van der Waals surface area contributed by atoms with Crippen molar-refractivity contribution >= 4 is 27.4 Å². The molecule has 0 heterocycles. The molecule has 0 spiro atoms. The highest BCUT2D eigenvalue weighted by molar-refractivity contribution is 7.87. The lowest BCUT2D eigenvalue weighted by Crippen LogP contribution is -2.60. The van der Waals surface area contributed by atoms with Crippen molar-refractivity contribution in [3.05, 3.63) is 0 Å². The zero-order valence-electron chi connectivity index (χ0n) is 12.7. The fourth-order valence-electron chi connectivity index (χ4n) is 2.85. The van der Waals surface area contributed by atoms with Crippen LogP contribution in [0.15, 0.2) is 0 Å². The molecule has 0 aromatic heterocycles. The molecule has 0 aromatic carbocycles. The second-order valence-electron chi connectivity index (χ2n) is 5.49. The summed E-state index contributed by atoms with van der Waals surface area (Å²) in [6.45, 7) is 6.69. The van der Waals surface area contributed by atoms with Gasteiger partial charge in [-0.1, -0.05) is 39.4 Å². The van der Waals surface area contributed by atoms with Gasteiger partial charge in [-0.3, -0.25) is 0 Å². The van der Waals surface area contributed by atoms with Crippen LogP contribution in [0.3, 0.4) is 0 Å². The molecule has 5 nitrogen and oxygen atoms in total. The molecule has 1 fully saturated rings. The molecule has 0 amide bonds. The quantitative estimate of drug-likeness (QED) is 0.701. The summed E-state index contributed by atoms with van der Waals surface area (Å²) in [6.07, 6.45) is 4.45. The van der Waals surface area contributed by atoms with Gasteiger partial charge in [0.2, 0.25) is 0 Å². The van der Waals surface area contributed by atoms with Crippen LogP contribution in [0.5, 0.6) is 0 Å². The highest BCUT2D eigenvalue weighted by Gasteiger charge is 2.41. The van der Waals surface area contributed by atoms with E-state index in [-0.39, 0.29) is 4.99 Å². The van der Waals surface area contributed by atoms with Crippen molar-refractivity contribution in [2.45, 2.75) is 58.4 Å². The molecule has 3 N–H and O–H groups in total. The highest BCUT2D eigenvalue weighted by atomic mass is 32.2. The molecule has 20 heavy (non-hydrogen) atoms. The van der Waals surface area contributed by atoms with Gasteiger partial charge in [0, 0.05) is 13.1 Å². The van der Waals surface area contributed by atoms with Crippen LogP contribution in [0.2, 0.25) is 0 Å². The Hall–Kier alpha value is -0.240. The zero-order chi connectivity index (χ0) is 15.4. The molecule has 1 rings (SSSR count). The van der Waals surface area contributed by atoms with E-state index in [9.17, 15) is 8.42 Å². The Morgan fingerprint density at radius 2 is 1.80 bits per heavy atom. The molecule has 0 radical (unpaired) electrons. The zero-order valence-corrected chi connectivity index (χ0v) is 14.3. The maximum absolute atomic E-state index is 12.4.